The van der Waals surface area contributed by atoms with Gasteiger partial charge in [0.05, 0.1) is 0 Å². The molecule has 0 spiro atoms. The smallest absolute Gasteiger partial charge is 0.189 e. The van der Waals surface area contributed by atoms with Crippen LogP contribution in [-0.4, -0.2) is 11.6 Å². The van der Waals surface area contributed by atoms with Crippen LogP contribution >= 0.6 is 0 Å². The highest BCUT2D eigenvalue weighted by Gasteiger charge is 2.03. The third-order valence-electron chi connectivity index (χ3n) is 2.40. The average Bonchev–Trinajstić information content (AvgIpc) is 2.36. The number of nitrogens with one attached hydrogen (secondary N) is 1. The zero-order chi connectivity index (χ0) is 12.3. The van der Waals surface area contributed by atoms with Gasteiger partial charge in [0, 0.05) is 29.2 Å². The number of nitrogens with two attached hydrogens (primary N) is 1. The fraction of sp³-hybridized carbons (Fsp3) is 0.154. The highest BCUT2D eigenvalue weighted by Crippen LogP contribution is 2.17. The van der Waals surface area contributed by atoms with Crippen molar-refractivity contribution in [2.75, 3.05) is 6.61 Å². The van der Waals surface area contributed by atoms with Gasteiger partial charge in [-0.25, -0.2) is 0 Å². The molecular weight excluding hydrogens is 216 g/mol. The van der Waals surface area contributed by atoms with E-state index in [0.29, 0.717) is 23.4 Å². The Morgan fingerprint density at radius 1 is 1.41 bits per heavy atom. The van der Waals surface area contributed by atoms with E-state index in [1.807, 2.05) is 0 Å². The molecule has 0 unspecified atom stereocenters. The van der Waals surface area contributed by atoms with Crippen molar-refractivity contribution in [1.29, 1.82) is 0 Å². The molecule has 0 aliphatic rings. The molecule has 0 atom stereocenters. The number of aromatic amines is 1. The summed E-state index contributed by atoms with van der Waals surface area (Å²) in [6, 6.07) is 6.71. The fourth-order valence-corrected chi connectivity index (χ4v) is 1.61. The lowest BCUT2D eigenvalue weighted by molar-refractivity contribution is 0.371. The van der Waals surface area contributed by atoms with E-state index in [1.54, 1.807) is 18.2 Å². The number of hydrogen-bond donors (Lipinski definition) is 2. The van der Waals surface area contributed by atoms with Crippen LogP contribution in [0.2, 0.25) is 0 Å². The van der Waals surface area contributed by atoms with Crippen molar-refractivity contribution < 1.29 is 4.74 Å². The van der Waals surface area contributed by atoms with Gasteiger partial charge in [-0.15, -0.1) is 6.42 Å². The molecule has 0 aliphatic heterocycles. The molecule has 0 radical (unpaired) electrons. The third kappa shape index (κ3) is 2.30. The second-order valence-electron chi connectivity index (χ2n) is 3.56. The first-order chi connectivity index (χ1) is 8.24. The van der Waals surface area contributed by atoms with E-state index in [0.717, 1.165) is 5.52 Å². The van der Waals surface area contributed by atoms with Gasteiger partial charge >= 0.3 is 0 Å². The van der Waals surface area contributed by atoms with Crippen LogP contribution in [0.25, 0.3) is 10.9 Å². The number of H-pyrrole nitrogens is 1. The Balaban J connectivity index is 2.52. The largest absolute Gasteiger partial charge is 0.481 e. The lowest BCUT2D eigenvalue weighted by Gasteiger charge is -2.05. The van der Waals surface area contributed by atoms with Gasteiger partial charge in [0.1, 0.15) is 12.4 Å². The second-order valence-corrected chi connectivity index (χ2v) is 3.56. The van der Waals surface area contributed by atoms with E-state index in [9.17, 15) is 4.79 Å². The van der Waals surface area contributed by atoms with Crippen LogP contribution < -0.4 is 15.9 Å². The summed E-state index contributed by atoms with van der Waals surface area (Å²) in [5.41, 5.74) is 6.86. The number of hydrogen-bond acceptors (Lipinski definition) is 3. The monoisotopic (exact) mass is 228 g/mol. The van der Waals surface area contributed by atoms with Crippen LogP contribution in [0.15, 0.2) is 29.1 Å². The minimum absolute atomic E-state index is 0.0784. The predicted molar refractivity (Wildman–Crippen MR) is 66.8 cm³/mol. The van der Waals surface area contributed by atoms with Gasteiger partial charge in [-0.1, -0.05) is 5.92 Å². The highest BCUT2D eigenvalue weighted by molar-refractivity contribution is 5.80. The van der Waals surface area contributed by atoms with Crippen molar-refractivity contribution in [3.63, 3.8) is 0 Å². The molecule has 1 heterocycles. The maximum Gasteiger partial charge on any atom is 0.189 e. The van der Waals surface area contributed by atoms with Gasteiger partial charge in [-0.3, -0.25) is 4.79 Å². The van der Waals surface area contributed by atoms with E-state index in [-0.39, 0.29) is 12.0 Å². The van der Waals surface area contributed by atoms with Gasteiger partial charge in [0.25, 0.3) is 0 Å². The first kappa shape index (κ1) is 11.2. The van der Waals surface area contributed by atoms with Crippen LogP contribution in [0.5, 0.6) is 5.75 Å². The zero-order valence-corrected chi connectivity index (χ0v) is 9.19. The topological polar surface area (TPSA) is 68.1 Å². The van der Waals surface area contributed by atoms with E-state index < -0.39 is 0 Å². The molecule has 0 bridgehead atoms. The summed E-state index contributed by atoms with van der Waals surface area (Å²) in [4.78, 5) is 14.9. The molecule has 17 heavy (non-hydrogen) atoms. The first-order valence-electron chi connectivity index (χ1n) is 5.17. The Morgan fingerprint density at radius 3 is 2.94 bits per heavy atom. The number of rotatable bonds is 3. The Bertz CT molecular complexity index is 638. The maximum absolute atomic E-state index is 11.8. The summed E-state index contributed by atoms with van der Waals surface area (Å²) in [5, 5.41) is 0.566. The minimum atomic E-state index is -0.0784. The molecule has 0 saturated carbocycles. The number of fused-ring (bicyclic) bond motifs is 1. The van der Waals surface area contributed by atoms with Crippen molar-refractivity contribution in [2.24, 2.45) is 5.73 Å². The van der Waals surface area contributed by atoms with Gasteiger partial charge in [0.15, 0.2) is 5.43 Å². The van der Waals surface area contributed by atoms with Gasteiger partial charge in [0.2, 0.25) is 0 Å². The van der Waals surface area contributed by atoms with Crippen molar-refractivity contribution in [3.05, 3.63) is 40.2 Å². The predicted octanol–water partition coefficient (Wildman–Crippen LogP) is 0.999. The fourth-order valence-electron chi connectivity index (χ4n) is 1.61. The molecule has 0 aliphatic carbocycles. The number of pyridine rings is 1. The Hall–Kier alpha value is -2.25. The Kier molecular flexibility index (Phi) is 3.12. The van der Waals surface area contributed by atoms with Gasteiger partial charge < -0.3 is 15.5 Å². The Morgan fingerprint density at radius 2 is 2.24 bits per heavy atom. The molecule has 2 rings (SSSR count). The van der Waals surface area contributed by atoms with Crippen molar-refractivity contribution in [3.8, 4) is 18.1 Å². The van der Waals surface area contributed by atoms with Crippen molar-refractivity contribution in [1.82, 2.24) is 4.98 Å². The minimum Gasteiger partial charge on any atom is -0.481 e. The van der Waals surface area contributed by atoms with Crippen LogP contribution in [0.1, 0.15) is 5.69 Å². The molecule has 4 nitrogen and oxygen atoms in total. The second kappa shape index (κ2) is 4.73. The lowest BCUT2D eigenvalue weighted by atomic mass is 10.2. The summed E-state index contributed by atoms with van der Waals surface area (Å²) in [5.74, 6) is 2.96. The number of terminal acetylenes is 1. The normalized spacial score (nSPS) is 10.1. The zero-order valence-electron chi connectivity index (χ0n) is 9.19. The van der Waals surface area contributed by atoms with Crippen LogP contribution in [-0.2, 0) is 6.54 Å². The number of benzene rings is 1. The van der Waals surface area contributed by atoms with Crippen molar-refractivity contribution >= 4 is 10.9 Å². The number of ether oxygens (including phenoxy) is 1. The third-order valence-corrected chi connectivity index (χ3v) is 2.40. The quantitative estimate of drug-likeness (QED) is 0.770. The summed E-state index contributed by atoms with van der Waals surface area (Å²) in [7, 11) is 0. The molecule has 0 amide bonds. The summed E-state index contributed by atoms with van der Waals surface area (Å²) >= 11 is 0. The molecule has 3 N–H and O–H groups in total. The highest BCUT2D eigenvalue weighted by atomic mass is 16.5. The van der Waals surface area contributed by atoms with E-state index in [1.165, 1.54) is 6.07 Å². The maximum atomic E-state index is 11.8. The molecule has 0 saturated heterocycles. The molecule has 0 fully saturated rings. The summed E-state index contributed by atoms with van der Waals surface area (Å²) < 4.78 is 5.26. The molecule has 1 aromatic carbocycles. The average molecular weight is 228 g/mol. The number of aromatic nitrogens is 1. The standard InChI is InChI=1S/C13H12N2O2/c1-2-5-17-10-3-4-12-11(7-10)13(16)6-9(8-14)15-12/h1,3-4,6-7H,5,8,14H2,(H,15,16). The van der Waals surface area contributed by atoms with E-state index >= 15 is 0 Å². The van der Waals surface area contributed by atoms with E-state index in [4.69, 9.17) is 16.9 Å². The SMILES string of the molecule is C#CCOc1ccc2[nH]c(CN)cc(=O)c2c1. The van der Waals surface area contributed by atoms with E-state index in [2.05, 4.69) is 10.9 Å². The van der Waals surface area contributed by atoms with Crippen LogP contribution in [0, 0.1) is 12.3 Å². The van der Waals surface area contributed by atoms with Gasteiger partial charge in [-0.2, -0.15) is 0 Å². The van der Waals surface area contributed by atoms with Crippen molar-refractivity contribution in [2.45, 2.75) is 6.54 Å². The molecule has 4 heteroatoms. The molecule has 86 valence electrons. The molecule has 1 aromatic heterocycles. The van der Waals surface area contributed by atoms with Gasteiger partial charge in [-0.05, 0) is 18.2 Å². The summed E-state index contributed by atoms with van der Waals surface area (Å²) in [6.07, 6.45) is 5.10. The molecule has 2 aromatic rings. The lowest BCUT2D eigenvalue weighted by Crippen LogP contribution is -2.08. The Labute approximate surface area is 98.4 Å². The van der Waals surface area contributed by atoms with Crippen LogP contribution in [0.4, 0.5) is 0 Å². The molecular formula is C13H12N2O2. The first-order valence-corrected chi connectivity index (χ1v) is 5.17. The van der Waals surface area contributed by atoms with Crippen LogP contribution in [0.3, 0.4) is 0 Å². The summed E-state index contributed by atoms with van der Waals surface area (Å²) in [6.45, 7) is 0.491.